The molecule has 55 heavy (non-hydrogen) atoms. The van der Waals surface area contributed by atoms with E-state index in [0.29, 0.717) is 0 Å². The Kier molecular flexibility index (Phi) is 7.46. The molecular formula is C54H34S. The predicted octanol–water partition coefficient (Wildman–Crippen LogP) is 15.8. The SMILES string of the molecule is c1ccc(-c2cc3ccccc3cc2-c2ccc3c(c2)c(-c2ccccc2)c(-c2ccccc2)c2cc(-c4ccc5sc6ccccc6c5c4)ccc23)cc1. The van der Waals surface area contributed by atoms with Crippen molar-refractivity contribution in [1.29, 1.82) is 0 Å². The van der Waals surface area contributed by atoms with Gasteiger partial charge < -0.3 is 0 Å². The average molecular weight is 715 g/mol. The number of benzene rings is 10. The van der Waals surface area contributed by atoms with Crippen LogP contribution in [0, 0.1) is 0 Å². The smallest absolute Gasteiger partial charge is 0.0355 e. The van der Waals surface area contributed by atoms with Crippen LogP contribution in [0.2, 0.25) is 0 Å². The van der Waals surface area contributed by atoms with Crippen LogP contribution in [0.25, 0.3) is 108 Å². The molecule has 0 amide bonds. The van der Waals surface area contributed by atoms with Gasteiger partial charge in [-0.15, -0.1) is 11.3 Å². The van der Waals surface area contributed by atoms with E-state index < -0.39 is 0 Å². The van der Waals surface area contributed by atoms with Crippen LogP contribution in [-0.4, -0.2) is 0 Å². The zero-order valence-electron chi connectivity index (χ0n) is 30.0. The Hall–Kier alpha value is -6.80. The maximum atomic E-state index is 2.45. The molecule has 0 unspecified atom stereocenters. The van der Waals surface area contributed by atoms with E-state index in [1.54, 1.807) is 0 Å². The summed E-state index contributed by atoms with van der Waals surface area (Å²) in [6, 6.07) is 76.2. The Labute approximate surface area is 324 Å². The summed E-state index contributed by atoms with van der Waals surface area (Å²) in [6.07, 6.45) is 0. The molecule has 1 aromatic heterocycles. The number of hydrogen-bond donors (Lipinski definition) is 0. The Morgan fingerprint density at radius 1 is 0.236 bits per heavy atom. The van der Waals surface area contributed by atoms with Gasteiger partial charge in [-0.3, -0.25) is 0 Å². The van der Waals surface area contributed by atoms with Gasteiger partial charge in [0.25, 0.3) is 0 Å². The Morgan fingerprint density at radius 2 is 0.673 bits per heavy atom. The van der Waals surface area contributed by atoms with Crippen molar-refractivity contribution in [3.63, 3.8) is 0 Å². The molecule has 0 N–H and O–H groups in total. The minimum absolute atomic E-state index is 1.21. The highest BCUT2D eigenvalue weighted by Crippen LogP contribution is 2.48. The van der Waals surface area contributed by atoms with Gasteiger partial charge in [0.2, 0.25) is 0 Å². The monoisotopic (exact) mass is 714 g/mol. The molecule has 11 aromatic rings. The van der Waals surface area contributed by atoms with Crippen LogP contribution in [0.1, 0.15) is 0 Å². The van der Waals surface area contributed by atoms with Crippen molar-refractivity contribution in [2.24, 2.45) is 0 Å². The van der Waals surface area contributed by atoms with Crippen LogP contribution >= 0.6 is 11.3 Å². The lowest BCUT2D eigenvalue weighted by molar-refractivity contribution is 1.61. The van der Waals surface area contributed by atoms with E-state index in [1.165, 1.54) is 108 Å². The van der Waals surface area contributed by atoms with Crippen LogP contribution in [0.3, 0.4) is 0 Å². The van der Waals surface area contributed by atoms with Gasteiger partial charge in [0.15, 0.2) is 0 Å². The number of hydrogen-bond acceptors (Lipinski definition) is 1. The van der Waals surface area contributed by atoms with E-state index in [9.17, 15) is 0 Å². The van der Waals surface area contributed by atoms with Gasteiger partial charge in [0, 0.05) is 20.2 Å². The largest absolute Gasteiger partial charge is 0.135 e. The van der Waals surface area contributed by atoms with Crippen molar-refractivity contribution in [2.75, 3.05) is 0 Å². The molecule has 11 rings (SSSR count). The van der Waals surface area contributed by atoms with Gasteiger partial charge in [-0.1, -0.05) is 164 Å². The second-order valence-corrected chi connectivity index (χ2v) is 15.5. The normalized spacial score (nSPS) is 11.6. The Morgan fingerprint density at radius 3 is 1.29 bits per heavy atom. The van der Waals surface area contributed by atoms with Crippen LogP contribution < -0.4 is 0 Å². The molecule has 256 valence electrons. The summed E-state index contributed by atoms with van der Waals surface area (Å²) in [5, 5.41) is 10.2. The summed E-state index contributed by atoms with van der Waals surface area (Å²) >= 11 is 1.87. The molecule has 10 aromatic carbocycles. The van der Waals surface area contributed by atoms with Crippen molar-refractivity contribution in [3.8, 4) is 55.6 Å². The lowest BCUT2D eigenvalue weighted by Gasteiger charge is -2.21. The highest BCUT2D eigenvalue weighted by molar-refractivity contribution is 7.25. The molecule has 0 aliphatic rings. The maximum absolute atomic E-state index is 2.45. The number of fused-ring (bicyclic) bond motifs is 7. The first-order valence-electron chi connectivity index (χ1n) is 18.9. The van der Waals surface area contributed by atoms with Crippen molar-refractivity contribution in [3.05, 3.63) is 206 Å². The first-order valence-corrected chi connectivity index (χ1v) is 19.7. The van der Waals surface area contributed by atoms with E-state index in [-0.39, 0.29) is 0 Å². The lowest BCUT2D eigenvalue weighted by Crippen LogP contribution is -1.94. The summed E-state index contributed by atoms with van der Waals surface area (Å²) in [6.45, 7) is 0. The van der Waals surface area contributed by atoms with Crippen LogP contribution in [0.5, 0.6) is 0 Å². The summed E-state index contributed by atoms with van der Waals surface area (Å²) in [7, 11) is 0. The highest BCUT2D eigenvalue weighted by atomic mass is 32.1. The average Bonchev–Trinajstić information content (AvgIpc) is 3.64. The van der Waals surface area contributed by atoms with Gasteiger partial charge in [0.05, 0.1) is 0 Å². The maximum Gasteiger partial charge on any atom is 0.0355 e. The lowest BCUT2D eigenvalue weighted by atomic mass is 9.82. The number of thiophene rings is 1. The fraction of sp³-hybridized carbons (Fsp3) is 0. The fourth-order valence-electron chi connectivity index (χ4n) is 8.64. The summed E-state index contributed by atoms with van der Waals surface area (Å²) in [4.78, 5) is 0. The molecule has 0 saturated carbocycles. The molecule has 0 aliphatic carbocycles. The van der Waals surface area contributed by atoms with E-state index >= 15 is 0 Å². The zero-order valence-corrected chi connectivity index (χ0v) is 30.9. The molecule has 1 heterocycles. The third-order valence-corrected chi connectivity index (χ3v) is 12.4. The highest BCUT2D eigenvalue weighted by Gasteiger charge is 2.20. The van der Waals surface area contributed by atoms with E-state index in [4.69, 9.17) is 0 Å². The first kappa shape index (κ1) is 31.7. The minimum atomic E-state index is 1.21. The van der Waals surface area contributed by atoms with Crippen LogP contribution in [0.15, 0.2) is 206 Å². The molecule has 0 fully saturated rings. The van der Waals surface area contributed by atoms with E-state index in [1.807, 2.05) is 11.3 Å². The molecule has 0 radical (unpaired) electrons. The Bertz CT molecular complexity index is 3230. The second kappa shape index (κ2) is 13.0. The predicted molar refractivity (Wildman–Crippen MR) is 239 cm³/mol. The third kappa shape index (κ3) is 5.35. The van der Waals surface area contributed by atoms with Crippen molar-refractivity contribution in [1.82, 2.24) is 0 Å². The van der Waals surface area contributed by atoms with Crippen molar-refractivity contribution in [2.45, 2.75) is 0 Å². The van der Waals surface area contributed by atoms with E-state index in [0.717, 1.165) is 0 Å². The Balaban J connectivity index is 1.22. The zero-order chi connectivity index (χ0) is 36.3. The molecule has 0 nitrogen and oxygen atoms in total. The third-order valence-electron chi connectivity index (χ3n) is 11.2. The van der Waals surface area contributed by atoms with Gasteiger partial charge in [-0.25, -0.2) is 0 Å². The van der Waals surface area contributed by atoms with E-state index in [2.05, 4.69) is 206 Å². The second-order valence-electron chi connectivity index (χ2n) is 14.4. The summed E-state index contributed by atoms with van der Waals surface area (Å²) < 4.78 is 2.66. The molecule has 0 aliphatic heterocycles. The molecular weight excluding hydrogens is 681 g/mol. The molecule has 0 saturated heterocycles. The number of rotatable bonds is 5. The minimum Gasteiger partial charge on any atom is -0.135 e. The first-order chi connectivity index (χ1) is 27.3. The molecule has 0 spiro atoms. The van der Waals surface area contributed by atoms with Crippen LogP contribution in [0.4, 0.5) is 0 Å². The van der Waals surface area contributed by atoms with Crippen molar-refractivity contribution < 1.29 is 0 Å². The van der Waals surface area contributed by atoms with Gasteiger partial charge >= 0.3 is 0 Å². The molecule has 1 heteroatoms. The van der Waals surface area contributed by atoms with Crippen molar-refractivity contribution >= 4 is 63.8 Å². The fourth-order valence-corrected chi connectivity index (χ4v) is 9.73. The standard InChI is InChI=1S/C54H34S/c1-4-14-35(15-5-1)46-30-38-20-10-11-21-39(38)31-47(46)42-25-28-44-43-27-24-40(41-26-29-52-48(32-41)45-22-12-13-23-51(45)55-52)33-49(43)53(36-16-6-2-7-17-36)54(50(44)34-42)37-18-8-3-9-19-37/h1-34H. The quantitative estimate of drug-likeness (QED) is 0.156. The summed E-state index contributed by atoms with van der Waals surface area (Å²) in [5.74, 6) is 0. The van der Waals surface area contributed by atoms with Gasteiger partial charge in [-0.2, -0.15) is 0 Å². The van der Waals surface area contributed by atoms with Gasteiger partial charge in [0.1, 0.15) is 0 Å². The molecule has 0 bridgehead atoms. The van der Waals surface area contributed by atoms with Crippen LogP contribution in [-0.2, 0) is 0 Å². The van der Waals surface area contributed by atoms with Gasteiger partial charge in [-0.05, 0) is 130 Å². The molecule has 0 atom stereocenters. The topological polar surface area (TPSA) is 0 Å². The summed E-state index contributed by atoms with van der Waals surface area (Å²) in [5.41, 5.74) is 12.3.